The summed E-state index contributed by atoms with van der Waals surface area (Å²) in [5, 5.41) is 4.38. The molecule has 2 atom stereocenters. The molecule has 1 aromatic rings. The molecule has 0 saturated heterocycles. The first-order valence-electron chi connectivity index (χ1n) is 5.18. The molecule has 3 nitrogen and oxygen atoms in total. The van der Waals surface area contributed by atoms with Crippen LogP contribution in [0.1, 0.15) is 31.0 Å². The minimum Gasteiger partial charge on any atom is -0.330 e. The molecule has 2 N–H and O–H groups in total. The fraction of sp³-hybridized carbons (Fsp3) is 0.727. The summed E-state index contributed by atoms with van der Waals surface area (Å²) in [4.78, 5) is 0. The van der Waals surface area contributed by atoms with Crippen LogP contribution in [0, 0.1) is 18.3 Å². The zero-order valence-electron chi connectivity index (χ0n) is 9.41. The normalized spacial score (nSPS) is 29.2. The second-order valence-electron chi connectivity index (χ2n) is 4.98. The van der Waals surface area contributed by atoms with Crippen molar-refractivity contribution in [3.63, 3.8) is 0 Å². The smallest absolute Gasteiger partial charge is 0.0628 e. The molecule has 3 heteroatoms. The lowest BCUT2D eigenvalue weighted by Crippen LogP contribution is -2.05. The van der Waals surface area contributed by atoms with Gasteiger partial charge in [-0.05, 0) is 36.3 Å². The highest BCUT2D eigenvalue weighted by Crippen LogP contribution is 2.64. The van der Waals surface area contributed by atoms with Gasteiger partial charge in [-0.15, -0.1) is 0 Å². The van der Waals surface area contributed by atoms with E-state index in [1.807, 2.05) is 11.7 Å². The second-order valence-corrected chi connectivity index (χ2v) is 4.98. The van der Waals surface area contributed by atoms with Crippen LogP contribution in [-0.4, -0.2) is 16.3 Å². The Balaban J connectivity index is 2.30. The molecule has 0 aromatic carbocycles. The van der Waals surface area contributed by atoms with E-state index < -0.39 is 0 Å². The summed E-state index contributed by atoms with van der Waals surface area (Å²) >= 11 is 0. The van der Waals surface area contributed by atoms with Crippen molar-refractivity contribution in [1.82, 2.24) is 9.78 Å². The van der Waals surface area contributed by atoms with Gasteiger partial charge in [-0.3, -0.25) is 4.68 Å². The first kappa shape index (κ1) is 9.71. The zero-order chi connectivity index (χ0) is 10.5. The van der Waals surface area contributed by atoms with E-state index in [1.54, 1.807) is 0 Å². The van der Waals surface area contributed by atoms with Gasteiger partial charge in [0, 0.05) is 13.2 Å². The van der Waals surface area contributed by atoms with Gasteiger partial charge in [-0.25, -0.2) is 0 Å². The van der Waals surface area contributed by atoms with Gasteiger partial charge in [-0.1, -0.05) is 13.8 Å². The summed E-state index contributed by atoms with van der Waals surface area (Å²) in [7, 11) is 1.98. The maximum Gasteiger partial charge on any atom is 0.0628 e. The molecule has 0 radical (unpaired) electrons. The van der Waals surface area contributed by atoms with Gasteiger partial charge in [0.2, 0.25) is 0 Å². The van der Waals surface area contributed by atoms with E-state index in [1.165, 1.54) is 5.56 Å². The number of hydrogen-bond donors (Lipinski definition) is 1. The summed E-state index contributed by atoms with van der Waals surface area (Å²) in [6, 6.07) is 0. The molecule has 1 aromatic heterocycles. The molecular weight excluding hydrogens is 174 g/mol. The molecule has 0 aliphatic heterocycles. The van der Waals surface area contributed by atoms with Crippen LogP contribution < -0.4 is 5.73 Å². The van der Waals surface area contributed by atoms with Gasteiger partial charge in [0.05, 0.1) is 5.69 Å². The van der Waals surface area contributed by atoms with Crippen molar-refractivity contribution < 1.29 is 0 Å². The maximum absolute atomic E-state index is 5.77. The summed E-state index contributed by atoms with van der Waals surface area (Å²) in [6.07, 6.45) is 2.14. The fourth-order valence-corrected chi connectivity index (χ4v) is 2.72. The number of aryl methyl sites for hydroxylation is 2. The van der Waals surface area contributed by atoms with Crippen LogP contribution in [-0.2, 0) is 7.05 Å². The lowest BCUT2D eigenvalue weighted by atomic mass is 10.0. The molecule has 2 rings (SSSR count). The highest BCUT2D eigenvalue weighted by atomic mass is 15.2. The number of nitrogens with two attached hydrogens (primary N) is 1. The topological polar surface area (TPSA) is 43.8 Å². The molecule has 0 bridgehead atoms. The minimum absolute atomic E-state index is 0.364. The maximum atomic E-state index is 5.77. The third-order valence-electron chi connectivity index (χ3n) is 3.69. The molecule has 1 saturated carbocycles. The van der Waals surface area contributed by atoms with Gasteiger partial charge in [0.25, 0.3) is 0 Å². The van der Waals surface area contributed by atoms with Crippen LogP contribution in [0.25, 0.3) is 0 Å². The quantitative estimate of drug-likeness (QED) is 0.772. The molecule has 2 unspecified atom stereocenters. The van der Waals surface area contributed by atoms with Gasteiger partial charge in [0.1, 0.15) is 0 Å². The molecule has 1 fully saturated rings. The van der Waals surface area contributed by atoms with Crippen LogP contribution in [0.4, 0.5) is 0 Å². The number of nitrogens with zero attached hydrogens (tertiary/aromatic N) is 2. The van der Waals surface area contributed by atoms with Crippen molar-refractivity contribution in [3.8, 4) is 0 Å². The molecule has 14 heavy (non-hydrogen) atoms. The molecule has 1 aliphatic rings. The number of hydrogen-bond acceptors (Lipinski definition) is 2. The SMILES string of the molecule is Cc1nn(C)cc1C1C(CN)C1(C)C. The highest BCUT2D eigenvalue weighted by molar-refractivity contribution is 5.33. The van der Waals surface area contributed by atoms with Crippen LogP contribution in [0.3, 0.4) is 0 Å². The van der Waals surface area contributed by atoms with Gasteiger partial charge >= 0.3 is 0 Å². The van der Waals surface area contributed by atoms with E-state index in [4.69, 9.17) is 5.73 Å². The monoisotopic (exact) mass is 193 g/mol. The Morgan fingerprint density at radius 2 is 2.21 bits per heavy atom. The first-order chi connectivity index (χ1) is 6.48. The molecule has 0 spiro atoms. The molecule has 1 heterocycles. The van der Waals surface area contributed by atoms with Crippen LogP contribution in [0.5, 0.6) is 0 Å². The Hall–Kier alpha value is -0.830. The Morgan fingerprint density at radius 1 is 1.57 bits per heavy atom. The van der Waals surface area contributed by atoms with Crippen LogP contribution in [0.15, 0.2) is 6.20 Å². The van der Waals surface area contributed by atoms with E-state index in [-0.39, 0.29) is 0 Å². The minimum atomic E-state index is 0.364. The van der Waals surface area contributed by atoms with E-state index in [2.05, 4.69) is 32.1 Å². The Kier molecular flexibility index (Phi) is 1.96. The molecule has 0 amide bonds. The van der Waals surface area contributed by atoms with E-state index in [0.29, 0.717) is 17.3 Å². The third kappa shape index (κ3) is 1.19. The lowest BCUT2D eigenvalue weighted by Gasteiger charge is -2.00. The van der Waals surface area contributed by atoms with Gasteiger partial charge in [0.15, 0.2) is 0 Å². The standard InChI is InChI=1S/C11H19N3/c1-7-8(6-14(4)13-7)10-9(5-12)11(10,2)3/h6,9-10H,5,12H2,1-4H3. The zero-order valence-corrected chi connectivity index (χ0v) is 9.41. The fourth-order valence-electron chi connectivity index (χ4n) is 2.72. The predicted molar refractivity (Wildman–Crippen MR) is 57.0 cm³/mol. The predicted octanol–water partition coefficient (Wildman–Crippen LogP) is 1.43. The summed E-state index contributed by atoms with van der Waals surface area (Å²) in [5.74, 6) is 1.24. The van der Waals surface area contributed by atoms with Gasteiger partial charge in [-0.2, -0.15) is 5.10 Å². The average Bonchev–Trinajstić information content (AvgIpc) is 2.46. The Morgan fingerprint density at radius 3 is 2.57 bits per heavy atom. The summed E-state index contributed by atoms with van der Waals surface area (Å²) in [5.41, 5.74) is 8.67. The highest BCUT2D eigenvalue weighted by Gasteiger charge is 2.58. The van der Waals surface area contributed by atoms with Crippen molar-refractivity contribution in [1.29, 1.82) is 0 Å². The third-order valence-corrected chi connectivity index (χ3v) is 3.69. The lowest BCUT2D eigenvalue weighted by molar-refractivity contribution is 0.558. The molecule has 1 aliphatic carbocycles. The van der Waals surface area contributed by atoms with Crippen molar-refractivity contribution in [2.75, 3.05) is 6.54 Å². The Labute approximate surface area is 85.3 Å². The van der Waals surface area contributed by atoms with Gasteiger partial charge < -0.3 is 5.73 Å². The molecule has 78 valence electrons. The Bertz CT molecular complexity index is 351. The first-order valence-corrected chi connectivity index (χ1v) is 5.18. The van der Waals surface area contributed by atoms with Crippen LogP contribution >= 0.6 is 0 Å². The second kappa shape index (κ2) is 2.83. The summed E-state index contributed by atoms with van der Waals surface area (Å²) in [6.45, 7) is 7.45. The van der Waals surface area contributed by atoms with Crippen molar-refractivity contribution in [3.05, 3.63) is 17.5 Å². The number of aromatic nitrogens is 2. The van der Waals surface area contributed by atoms with Crippen LogP contribution in [0.2, 0.25) is 0 Å². The van der Waals surface area contributed by atoms with E-state index in [9.17, 15) is 0 Å². The largest absolute Gasteiger partial charge is 0.330 e. The molecular formula is C11H19N3. The van der Waals surface area contributed by atoms with Crippen molar-refractivity contribution in [2.24, 2.45) is 24.1 Å². The average molecular weight is 193 g/mol. The van der Waals surface area contributed by atoms with Crippen molar-refractivity contribution in [2.45, 2.75) is 26.7 Å². The number of rotatable bonds is 2. The van der Waals surface area contributed by atoms with Crippen molar-refractivity contribution >= 4 is 0 Å². The van der Waals surface area contributed by atoms with E-state index in [0.717, 1.165) is 12.2 Å². The summed E-state index contributed by atoms with van der Waals surface area (Å²) < 4.78 is 1.90. The van der Waals surface area contributed by atoms with E-state index >= 15 is 0 Å².